The number of aromatic nitrogens is 3. The van der Waals surface area contributed by atoms with E-state index in [4.69, 9.17) is 16.6 Å². The number of aliphatic carboxylic acids is 2. The molecule has 0 radical (unpaired) electrons. The summed E-state index contributed by atoms with van der Waals surface area (Å²) in [6.45, 7) is 2.05. The predicted molar refractivity (Wildman–Crippen MR) is 125 cm³/mol. The van der Waals surface area contributed by atoms with Crippen molar-refractivity contribution in [2.75, 3.05) is 11.5 Å². The van der Waals surface area contributed by atoms with Gasteiger partial charge in [0.25, 0.3) is 5.91 Å². The molecule has 0 spiro atoms. The standard InChI is InChI=1S/C23H26N6O5/c1-2-12(11-15-7-8-16-19(26-15)20(24)29-23(25)28-16)13-3-5-14(6-4-13)21(32)27-17(22(33)34)9-10-18(30)31/h3-8,12,17H,2,9-11H2,1H3,(H,27,32)(H,30,31)(H,33,34)(H4,24,25,28,29). The zero-order valence-electron chi connectivity index (χ0n) is 18.6. The maximum absolute atomic E-state index is 12.5. The van der Waals surface area contributed by atoms with Gasteiger partial charge in [-0.15, -0.1) is 0 Å². The molecular weight excluding hydrogens is 440 g/mol. The second kappa shape index (κ2) is 10.6. The molecule has 11 nitrogen and oxygen atoms in total. The highest BCUT2D eigenvalue weighted by molar-refractivity contribution is 5.96. The molecule has 0 bridgehead atoms. The maximum Gasteiger partial charge on any atom is 0.326 e. The number of rotatable bonds is 10. The molecule has 2 unspecified atom stereocenters. The van der Waals surface area contributed by atoms with Gasteiger partial charge in [-0.1, -0.05) is 19.1 Å². The number of nitrogens with one attached hydrogen (secondary N) is 1. The first-order valence-electron chi connectivity index (χ1n) is 10.7. The minimum Gasteiger partial charge on any atom is -0.481 e. The van der Waals surface area contributed by atoms with E-state index in [0.29, 0.717) is 17.5 Å². The topological polar surface area (TPSA) is 194 Å². The Morgan fingerprint density at radius 2 is 1.71 bits per heavy atom. The molecule has 11 heteroatoms. The number of carboxylic acid groups (broad SMARTS) is 2. The minimum absolute atomic E-state index is 0.0895. The van der Waals surface area contributed by atoms with E-state index in [-0.39, 0.29) is 36.1 Å². The molecule has 2 atom stereocenters. The molecule has 7 N–H and O–H groups in total. The number of anilines is 2. The number of nitrogens with two attached hydrogens (primary N) is 2. The van der Waals surface area contributed by atoms with Crippen LogP contribution in [0.3, 0.4) is 0 Å². The number of fused-ring (bicyclic) bond motifs is 1. The summed E-state index contributed by atoms with van der Waals surface area (Å²) in [4.78, 5) is 47.2. The van der Waals surface area contributed by atoms with E-state index < -0.39 is 23.9 Å². The number of pyridine rings is 1. The lowest BCUT2D eigenvalue weighted by Gasteiger charge is -2.17. The smallest absolute Gasteiger partial charge is 0.326 e. The van der Waals surface area contributed by atoms with Crippen molar-refractivity contribution in [1.29, 1.82) is 0 Å². The van der Waals surface area contributed by atoms with Crippen molar-refractivity contribution in [3.63, 3.8) is 0 Å². The summed E-state index contributed by atoms with van der Waals surface area (Å²) in [5.41, 5.74) is 14.7. The van der Waals surface area contributed by atoms with E-state index in [1.807, 2.05) is 25.1 Å². The van der Waals surface area contributed by atoms with E-state index >= 15 is 0 Å². The van der Waals surface area contributed by atoms with Gasteiger partial charge in [0.2, 0.25) is 5.95 Å². The van der Waals surface area contributed by atoms with Crippen molar-refractivity contribution in [2.45, 2.75) is 44.6 Å². The summed E-state index contributed by atoms with van der Waals surface area (Å²) in [6, 6.07) is 9.25. The first-order valence-corrected chi connectivity index (χ1v) is 10.7. The van der Waals surface area contributed by atoms with E-state index in [9.17, 15) is 19.5 Å². The number of nitrogens with zero attached hydrogens (tertiary/aromatic N) is 3. The number of amides is 1. The molecule has 0 saturated carbocycles. The quantitative estimate of drug-likeness (QED) is 0.295. The lowest BCUT2D eigenvalue weighted by molar-refractivity contribution is -0.140. The summed E-state index contributed by atoms with van der Waals surface area (Å²) in [5, 5.41) is 20.4. The number of hydrogen-bond acceptors (Lipinski definition) is 8. The van der Waals surface area contributed by atoms with Gasteiger partial charge < -0.3 is 27.0 Å². The second-order valence-corrected chi connectivity index (χ2v) is 7.87. The Labute approximate surface area is 195 Å². The van der Waals surface area contributed by atoms with Gasteiger partial charge in [0, 0.05) is 17.7 Å². The molecular formula is C23H26N6O5. The van der Waals surface area contributed by atoms with Gasteiger partial charge in [-0.25, -0.2) is 14.8 Å². The number of nitrogen functional groups attached to an aromatic ring is 2. The van der Waals surface area contributed by atoms with Crippen LogP contribution in [0.25, 0.3) is 11.0 Å². The van der Waals surface area contributed by atoms with Gasteiger partial charge in [0.1, 0.15) is 11.6 Å². The molecule has 2 aromatic heterocycles. The predicted octanol–water partition coefficient (Wildman–Crippen LogP) is 1.97. The average Bonchev–Trinajstić information content (AvgIpc) is 2.80. The molecule has 3 rings (SSSR count). The van der Waals surface area contributed by atoms with Gasteiger partial charge in [0.15, 0.2) is 5.82 Å². The van der Waals surface area contributed by atoms with Crippen molar-refractivity contribution < 1.29 is 24.6 Å². The molecule has 0 aliphatic carbocycles. The van der Waals surface area contributed by atoms with Crippen molar-refractivity contribution in [3.8, 4) is 0 Å². The summed E-state index contributed by atoms with van der Waals surface area (Å²) >= 11 is 0. The van der Waals surface area contributed by atoms with Crippen LogP contribution in [0, 0.1) is 0 Å². The van der Waals surface area contributed by atoms with E-state index in [2.05, 4.69) is 20.3 Å². The Hall–Kier alpha value is -4.28. The maximum atomic E-state index is 12.5. The van der Waals surface area contributed by atoms with E-state index in [1.54, 1.807) is 18.2 Å². The molecule has 0 aliphatic rings. The Kier molecular flexibility index (Phi) is 7.57. The van der Waals surface area contributed by atoms with E-state index in [0.717, 1.165) is 17.7 Å². The van der Waals surface area contributed by atoms with Gasteiger partial charge in [-0.2, -0.15) is 4.98 Å². The van der Waals surface area contributed by atoms with Gasteiger partial charge in [0.05, 0.1) is 5.52 Å². The monoisotopic (exact) mass is 466 g/mol. The summed E-state index contributed by atoms with van der Waals surface area (Å²) in [5.74, 6) is -2.57. The Bertz CT molecular complexity index is 1210. The van der Waals surface area contributed by atoms with Crippen LogP contribution in [-0.4, -0.2) is 49.1 Å². The summed E-state index contributed by atoms with van der Waals surface area (Å²) < 4.78 is 0. The first-order chi connectivity index (χ1) is 16.2. The first kappa shape index (κ1) is 24.4. The van der Waals surface area contributed by atoms with Crippen LogP contribution in [0.2, 0.25) is 0 Å². The van der Waals surface area contributed by atoms with E-state index in [1.165, 1.54) is 0 Å². The molecule has 178 valence electrons. The fourth-order valence-corrected chi connectivity index (χ4v) is 3.63. The lowest BCUT2D eigenvalue weighted by Crippen LogP contribution is -2.41. The molecule has 2 heterocycles. The highest BCUT2D eigenvalue weighted by Crippen LogP contribution is 2.26. The molecule has 1 aromatic carbocycles. The largest absolute Gasteiger partial charge is 0.481 e. The molecule has 0 aliphatic heterocycles. The Morgan fingerprint density at radius 1 is 1.00 bits per heavy atom. The van der Waals surface area contributed by atoms with Gasteiger partial charge >= 0.3 is 11.9 Å². The molecule has 34 heavy (non-hydrogen) atoms. The fourth-order valence-electron chi connectivity index (χ4n) is 3.63. The minimum atomic E-state index is -1.28. The van der Waals surface area contributed by atoms with Crippen LogP contribution in [0.4, 0.5) is 11.8 Å². The second-order valence-electron chi connectivity index (χ2n) is 7.87. The number of carbonyl (C=O) groups is 3. The number of carbonyl (C=O) groups excluding carboxylic acids is 1. The normalized spacial score (nSPS) is 12.7. The van der Waals surface area contributed by atoms with Crippen LogP contribution in [0.1, 0.15) is 53.7 Å². The molecule has 1 amide bonds. The van der Waals surface area contributed by atoms with Crippen LogP contribution in [0.5, 0.6) is 0 Å². The zero-order chi connectivity index (χ0) is 24.8. The SMILES string of the molecule is CCC(Cc1ccc2nc(N)nc(N)c2n1)c1ccc(C(=O)NC(CCC(=O)O)C(=O)O)cc1. The van der Waals surface area contributed by atoms with Crippen LogP contribution < -0.4 is 16.8 Å². The van der Waals surface area contributed by atoms with Crippen molar-refractivity contribution in [3.05, 3.63) is 53.2 Å². The van der Waals surface area contributed by atoms with Crippen molar-refractivity contribution in [1.82, 2.24) is 20.3 Å². The van der Waals surface area contributed by atoms with Crippen LogP contribution >= 0.6 is 0 Å². The molecule has 0 saturated heterocycles. The third kappa shape index (κ3) is 5.94. The van der Waals surface area contributed by atoms with Gasteiger partial charge in [-0.3, -0.25) is 9.59 Å². The summed E-state index contributed by atoms with van der Waals surface area (Å²) in [7, 11) is 0. The molecule has 0 fully saturated rings. The van der Waals surface area contributed by atoms with Crippen LogP contribution in [0.15, 0.2) is 36.4 Å². The number of hydrogen-bond donors (Lipinski definition) is 5. The van der Waals surface area contributed by atoms with Crippen molar-refractivity contribution >= 4 is 40.6 Å². The number of benzene rings is 1. The fraction of sp³-hybridized carbons (Fsp3) is 0.304. The Morgan fingerprint density at radius 3 is 2.32 bits per heavy atom. The summed E-state index contributed by atoms with van der Waals surface area (Å²) in [6.07, 6.45) is 0.878. The van der Waals surface area contributed by atoms with Crippen molar-refractivity contribution in [2.24, 2.45) is 0 Å². The highest BCUT2D eigenvalue weighted by atomic mass is 16.4. The Balaban J connectivity index is 1.72. The van der Waals surface area contributed by atoms with Gasteiger partial charge in [-0.05, 0) is 55.0 Å². The third-order valence-corrected chi connectivity index (χ3v) is 5.49. The zero-order valence-corrected chi connectivity index (χ0v) is 18.6. The lowest BCUT2D eigenvalue weighted by atomic mass is 9.91. The van der Waals surface area contributed by atoms with Crippen LogP contribution in [-0.2, 0) is 16.0 Å². The number of carboxylic acids is 2. The average molecular weight is 466 g/mol. The third-order valence-electron chi connectivity index (χ3n) is 5.49. The molecule has 3 aromatic rings. The highest BCUT2D eigenvalue weighted by Gasteiger charge is 2.22.